The summed E-state index contributed by atoms with van der Waals surface area (Å²) in [5.41, 5.74) is 14.7. The van der Waals surface area contributed by atoms with Gasteiger partial charge in [-0.05, 0) is 24.0 Å². The maximum absolute atomic E-state index is 5.82. The highest BCUT2D eigenvalue weighted by Crippen LogP contribution is 2.31. The average molecular weight is 149 g/mol. The lowest BCUT2D eigenvalue weighted by molar-refractivity contribution is 0.712. The highest BCUT2D eigenvalue weighted by atomic mass is 14.7. The Morgan fingerprint density at radius 2 is 2.27 bits per heavy atom. The first kappa shape index (κ1) is 6.61. The minimum absolute atomic E-state index is 0.154. The highest BCUT2D eigenvalue weighted by molar-refractivity contribution is 5.51. The van der Waals surface area contributed by atoms with Crippen LogP contribution in [-0.4, -0.2) is 4.98 Å². The first-order valence-corrected chi connectivity index (χ1v) is 3.77. The third-order valence-corrected chi connectivity index (χ3v) is 2.23. The van der Waals surface area contributed by atoms with Crippen molar-refractivity contribution < 1.29 is 0 Å². The maximum Gasteiger partial charge on any atom is 0.0536 e. The predicted octanol–water partition coefficient (Wildman–Crippen LogP) is 0.610. The number of nitrogen functional groups attached to an aromatic ring is 1. The van der Waals surface area contributed by atoms with E-state index >= 15 is 0 Å². The van der Waals surface area contributed by atoms with Gasteiger partial charge in [-0.3, -0.25) is 4.98 Å². The van der Waals surface area contributed by atoms with E-state index < -0.39 is 0 Å². The molecule has 4 N–H and O–H groups in total. The van der Waals surface area contributed by atoms with Crippen LogP contribution in [0.3, 0.4) is 0 Å². The van der Waals surface area contributed by atoms with Crippen LogP contribution in [0.15, 0.2) is 12.4 Å². The summed E-state index contributed by atoms with van der Waals surface area (Å²) < 4.78 is 0. The van der Waals surface area contributed by atoms with Crippen molar-refractivity contribution in [2.45, 2.75) is 18.9 Å². The van der Waals surface area contributed by atoms with E-state index in [0.717, 1.165) is 24.1 Å². The van der Waals surface area contributed by atoms with Gasteiger partial charge in [-0.25, -0.2) is 0 Å². The largest absolute Gasteiger partial charge is 0.397 e. The first-order chi connectivity index (χ1) is 5.29. The monoisotopic (exact) mass is 149 g/mol. The Kier molecular flexibility index (Phi) is 1.32. The SMILES string of the molecule is Nc1cncc2c1CCC2N. The first-order valence-electron chi connectivity index (χ1n) is 3.77. The molecule has 3 heteroatoms. The molecule has 58 valence electrons. The zero-order valence-electron chi connectivity index (χ0n) is 6.25. The van der Waals surface area contributed by atoms with Crippen molar-refractivity contribution in [1.29, 1.82) is 0 Å². The second-order valence-corrected chi connectivity index (χ2v) is 2.94. The fraction of sp³-hybridized carbons (Fsp3) is 0.375. The summed E-state index contributed by atoms with van der Waals surface area (Å²) in [7, 11) is 0. The summed E-state index contributed by atoms with van der Waals surface area (Å²) in [4.78, 5) is 4.00. The van der Waals surface area contributed by atoms with E-state index in [2.05, 4.69) is 4.98 Å². The van der Waals surface area contributed by atoms with Crippen LogP contribution in [0.5, 0.6) is 0 Å². The van der Waals surface area contributed by atoms with Crippen molar-refractivity contribution in [3.05, 3.63) is 23.5 Å². The Labute approximate surface area is 65.4 Å². The minimum atomic E-state index is 0.154. The number of nitrogens with zero attached hydrogens (tertiary/aromatic N) is 1. The second-order valence-electron chi connectivity index (χ2n) is 2.94. The molecule has 0 aromatic carbocycles. The molecule has 3 nitrogen and oxygen atoms in total. The second kappa shape index (κ2) is 2.20. The van der Waals surface area contributed by atoms with E-state index in [9.17, 15) is 0 Å². The molecular formula is C8H11N3. The van der Waals surface area contributed by atoms with Gasteiger partial charge in [-0.15, -0.1) is 0 Å². The molecule has 1 aromatic heterocycles. The fourth-order valence-corrected chi connectivity index (χ4v) is 1.58. The summed E-state index contributed by atoms with van der Waals surface area (Å²) in [5.74, 6) is 0. The van der Waals surface area contributed by atoms with Crippen LogP contribution in [0.2, 0.25) is 0 Å². The van der Waals surface area contributed by atoms with Crippen molar-refractivity contribution in [2.75, 3.05) is 5.73 Å². The van der Waals surface area contributed by atoms with Gasteiger partial charge in [0.25, 0.3) is 0 Å². The maximum atomic E-state index is 5.82. The Hall–Kier alpha value is -1.09. The summed E-state index contributed by atoms with van der Waals surface area (Å²) in [6, 6.07) is 0.154. The highest BCUT2D eigenvalue weighted by Gasteiger charge is 2.20. The van der Waals surface area contributed by atoms with Gasteiger partial charge in [0.1, 0.15) is 0 Å². The molecule has 0 saturated carbocycles. The molecule has 1 aliphatic rings. The van der Waals surface area contributed by atoms with Crippen molar-refractivity contribution in [3.63, 3.8) is 0 Å². The molecule has 11 heavy (non-hydrogen) atoms. The van der Waals surface area contributed by atoms with E-state index in [1.807, 2.05) is 6.20 Å². The summed E-state index contributed by atoms with van der Waals surface area (Å²) in [6.07, 6.45) is 5.52. The quantitative estimate of drug-likeness (QED) is 0.568. The van der Waals surface area contributed by atoms with Crippen LogP contribution >= 0.6 is 0 Å². The number of nitrogens with two attached hydrogens (primary N) is 2. The van der Waals surface area contributed by atoms with Crippen molar-refractivity contribution in [1.82, 2.24) is 4.98 Å². The number of hydrogen-bond donors (Lipinski definition) is 2. The molecule has 0 aliphatic heterocycles. The van der Waals surface area contributed by atoms with Gasteiger partial charge in [-0.2, -0.15) is 0 Å². The van der Waals surface area contributed by atoms with Crippen LogP contribution in [0, 0.1) is 0 Å². The Morgan fingerprint density at radius 1 is 1.45 bits per heavy atom. The van der Waals surface area contributed by atoms with E-state index in [0.29, 0.717) is 0 Å². The van der Waals surface area contributed by atoms with Gasteiger partial charge in [0.05, 0.1) is 11.9 Å². The van der Waals surface area contributed by atoms with Gasteiger partial charge < -0.3 is 11.5 Å². The smallest absolute Gasteiger partial charge is 0.0536 e. The zero-order valence-corrected chi connectivity index (χ0v) is 6.25. The van der Waals surface area contributed by atoms with Crippen LogP contribution in [-0.2, 0) is 6.42 Å². The van der Waals surface area contributed by atoms with Gasteiger partial charge in [0.15, 0.2) is 0 Å². The normalized spacial score (nSPS) is 21.7. The number of aromatic nitrogens is 1. The molecule has 0 bridgehead atoms. The number of fused-ring (bicyclic) bond motifs is 1. The van der Waals surface area contributed by atoms with E-state index in [-0.39, 0.29) is 6.04 Å². The molecule has 0 radical (unpaired) electrons. The standard InChI is InChI=1S/C8H11N3/c9-7-2-1-5-6(7)3-11-4-8(5)10/h3-4,7H,1-2,9-10H2. The predicted molar refractivity (Wildman–Crippen MR) is 43.9 cm³/mol. The lowest BCUT2D eigenvalue weighted by atomic mass is 10.1. The van der Waals surface area contributed by atoms with E-state index in [1.54, 1.807) is 6.20 Å². The number of pyridine rings is 1. The molecule has 0 amide bonds. The van der Waals surface area contributed by atoms with Gasteiger partial charge >= 0.3 is 0 Å². The topological polar surface area (TPSA) is 64.9 Å². The lowest BCUT2D eigenvalue weighted by Crippen LogP contribution is -2.05. The van der Waals surface area contributed by atoms with Crippen molar-refractivity contribution in [2.24, 2.45) is 5.73 Å². The molecule has 0 saturated heterocycles. The van der Waals surface area contributed by atoms with Gasteiger partial charge in [-0.1, -0.05) is 0 Å². The van der Waals surface area contributed by atoms with E-state index in [4.69, 9.17) is 11.5 Å². The van der Waals surface area contributed by atoms with Gasteiger partial charge in [0.2, 0.25) is 0 Å². The lowest BCUT2D eigenvalue weighted by Gasteiger charge is -2.04. The Morgan fingerprint density at radius 3 is 3.00 bits per heavy atom. The molecular weight excluding hydrogens is 138 g/mol. The minimum Gasteiger partial charge on any atom is -0.397 e. The number of anilines is 1. The number of hydrogen-bond acceptors (Lipinski definition) is 3. The summed E-state index contributed by atoms with van der Waals surface area (Å²) in [6.45, 7) is 0. The Bertz CT molecular complexity index is 283. The van der Waals surface area contributed by atoms with Crippen molar-refractivity contribution >= 4 is 5.69 Å². The third kappa shape index (κ3) is 0.886. The molecule has 1 unspecified atom stereocenters. The van der Waals surface area contributed by atoms with Crippen LogP contribution in [0.4, 0.5) is 5.69 Å². The fourth-order valence-electron chi connectivity index (χ4n) is 1.58. The van der Waals surface area contributed by atoms with Crippen LogP contribution in [0.25, 0.3) is 0 Å². The van der Waals surface area contributed by atoms with E-state index in [1.165, 1.54) is 5.56 Å². The third-order valence-electron chi connectivity index (χ3n) is 2.23. The molecule has 1 aliphatic carbocycles. The molecule has 1 aromatic rings. The molecule has 0 spiro atoms. The Balaban J connectivity index is 2.57. The van der Waals surface area contributed by atoms with Crippen LogP contribution in [0.1, 0.15) is 23.6 Å². The molecule has 1 atom stereocenters. The van der Waals surface area contributed by atoms with Crippen molar-refractivity contribution in [3.8, 4) is 0 Å². The summed E-state index contributed by atoms with van der Waals surface area (Å²) >= 11 is 0. The summed E-state index contributed by atoms with van der Waals surface area (Å²) in [5, 5.41) is 0. The average Bonchev–Trinajstić information content (AvgIpc) is 2.35. The number of rotatable bonds is 0. The molecule has 0 fully saturated rings. The van der Waals surface area contributed by atoms with Crippen LogP contribution < -0.4 is 11.5 Å². The molecule has 1 heterocycles. The zero-order chi connectivity index (χ0) is 7.84. The molecule has 2 rings (SSSR count). The van der Waals surface area contributed by atoms with Gasteiger partial charge in [0, 0.05) is 12.2 Å².